The number of benzene rings is 1. The van der Waals surface area contributed by atoms with Crippen LogP contribution in [-0.4, -0.2) is 32.8 Å². The summed E-state index contributed by atoms with van der Waals surface area (Å²) in [5, 5.41) is 6.42. The van der Waals surface area contributed by atoms with Crippen LogP contribution >= 0.6 is 0 Å². The first-order valence-electron chi connectivity index (χ1n) is 7.96. The van der Waals surface area contributed by atoms with E-state index < -0.39 is 0 Å². The monoisotopic (exact) mass is 307 g/mol. The zero-order valence-electron chi connectivity index (χ0n) is 13.5. The van der Waals surface area contributed by atoms with Gasteiger partial charge in [-0.25, -0.2) is 4.39 Å². The van der Waals surface area contributed by atoms with Crippen LogP contribution in [0.1, 0.15) is 30.4 Å². The van der Waals surface area contributed by atoms with Crippen LogP contribution in [0.15, 0.2) is 23.2 Å². The molecule has 0 unspecified atom stereocenters. The van der Waals surface area contributed by atoms with Crippen molar-refractivity contribution >= 4 is 5.96 Å². The third-order valence-corrected chi connectivity index (χ3v) is 3.73. The first-order valence-corrected chi connectivity index (χ1v) is 7.96. The predicted molar refractivity (Wildman–Crippen MR) is 87.5 cm³/mol. The lowest BCUT2D eigenvalue weighted by Gasteiger charge is -2.12. The fraction of sp³-hybridized carbons (Fsp3) is 0.588. The summed E-state index contributed by atoms with van der Waals surface area (Å²) in [6, 6.07) is 5.27. The van der Waals surface area contributed by atoms with E-state index in [1.165, 1.54) is 12.8 Å². The van der Waals surface area contributed by atoms with Gasteiger partial charge < -0.3 is 15.4 Å². The van der Waals surface area contributed by atoms with Crippen LogP contribution in [0.4, 0.5) is 4.39 Å². The Bertz CT molecular complexity index is 501. The Kier molecular flexibility index (Phi) is 6.65. The van der Waals surface area contributed by atoms with Crippen molar-refractivity contribution in [3.63, 3.8) is 0 Å². The minimum Gasteiger partial charge on any atom is -0.381 e. The Morgan fingerprint density at radius 2 is 2.18 bits per heavy atom. The van der Waals surface area contributed by atoms with Crippen LogP contribution in [-0.2, 0) is 11.3 Å². The lowest BCUT2D eigenvalue weighted by atomic mass is 10.1. The molecule has 0 heterocycles. The largest absolute Gasteiger partial charge is 0.381 e. The van der Waals surface area contributed by atoms with E-state index in [-0.39, 0.29) is 5.82 Å². The molecule has 22 heavy (non-hydrogen) atoms. The number of hydrogen-bond donors (Lipinski definition) is 2. The van der Waals surface area contributed by atoms with Crippen molar-refractivity contribution in [1.82, 2.24) is 10.6 Å². The van der Waals surface area contributed by atoms with Gasteiger partial charge in [0.1, 0.15) is 5.82 Å². The number of guanidine groups is 1. The SMILES string of the molecule is CN=C(NCCCOCC1CC1)NCc1ccc(C)c(F)c1. The molecular formula is C17H26FN3O. The molecule has 0 aromatic heterocycles. The van der Waals surface area contributed by atoms with Crippen molar-refractivity contribution in [2.45, 2.75) is 32.7 Å². The Labute approximate surface area is 132 Å². The number of aryl methyl sites for hydroxylation is 1. The fourth-order valence-corrected chi connectivity index (χ4v) is 2.07. The van der Waals surface area contributed by atoms with Crippen molar-refractivity contribution in [1.29, 1.82) is 0 Å². The summed E-state index contributed by atoms with van der Waals surface area (Å²) in [6.07, 6.45) is 3.61. The number of rotatable bonds is 8. The first-order chi connectivity index (χ1) is 10.7. The van der Waals surface area contributed by atoms with E-state index in [1.807, 2.05) is 6.07 Å². The molecule has 0 radical (unpaired) electrons. The third kappa shape index (κ3) is 6.02. The van der Waals surface area contributed by atoms with E-state index in [0.717, 1.165) is 43.6 Å². The van der Waals surface area contributed by atoms with Gasteiger partial charge in [-0.15, -0.1) is 0 Å². The summed E-state index contributed by atoms with van der Waals surface area (Å²) in [4.78, 5) is 4.16. The van der Waals surface area contributed by atoms with Gasteiger partial charge >= 0.3 is 0 Å². The zero-order valence-corrected chi connectivity index (χ0v) is 13.5. The second-order valence-electron chi connectivity index (χ2n) is 5.81. The second kappa shape index (κ2) is 8.73. The number of halogens is 1. The summed E-state index contributed by atoms with van der Waals surface area (Å²) in [7, 11) is 1.73. The van der Waals surface area contributed by atoms with Gasteiger partial charge in [0, 0.05) is 33.4 Å². The normalized spacial score (nSPS) is 15.0. The van der Waals surface area contributed by atoms with Gasteiger partial charge in [0.05, 0.1) is 0 Å². The number of nitrogens with zero attached hydrogens (tertiary/aromatic N) is 1. The highest BCUT2D eigenvalue weighted by Crippen LogP contribution is 2.28. The standard InChI is InChI=1S/C17H26FN3O/c1-13-4-5-15(10-16(13)18)11-21-17(19-2)20-8-3-9-22-12-14-6-7-14/h4-5,10,14H,3,6-9,11-12H2,1-2H3,(H2,19,20,21). The lowest BCUT2D eigenvalue weighted by molar-refractivity contribution is 0.123. The van der Waals surface area contributed by atoms with Gasteiger partial charge in [0.15, 0.2) is 5.96 Å². The van der Waals surface area contributed by atoms with Crippen LogP contribution in [0, 0.1) is 18.7 Å². The van der Waals surface area contributed by atoms with Gasteiger partial charge in [0.2, 0.25) is 0 Å². The third-order valence-electron chi connectivity index (χ3n) is 3.73. The Balaban J connectivity index is 1.60. The fourth-order valence-electron chi connectivity index (χ4n) is 2.07. The molecule has 5 heteroatoms. The molecule has 1 aromatic carbocycles. The summed E-state index contributed by atoms with van der Waals surface area (Å²) in [5.41, 5.74) is 1.57. The smallest absolute Gasteiger partial charge is 0.191 e. The molecule has 1 fully saturated rings. The maximum absolute atomic E-state index is 13.5. The molecule has 1 aliphatic rings. The maximum atomic E-state index is 13.5. The molecule has 0 bridgehead atoms. The molecule has 0 aliphatic heterocycles. The topological polar surface area (TPSA) is 45.7 Å². The number of hydrogen-bond acceptors (Lipinski definition) is 2. The summed E-state index contributed by atoms with van der Waals surface area (Å²) >= 11 is 0. The van der Waals surface area contributed by atoms with E-state index in [4.69, 9.17) is 4.74 Å². The molecule has 1 aromatic rings. The number of ether oxygens (including phenoxy) is 1. The molecule has 0 saturated heterocycles. The molecule has 1 aliphatic carbocycles. The molecule has 1 saturated carbocycles. The highest BCUT2D eigenvalue weighted by atomic mass is 19.1. The maximum Gasteiger partial charge on any atom is 0.191 e. The van der Waals surface area contributed by atoms with Gasteiger partial charge in [-0.05, 0) is 49.3 Å². The molecule has 0 amide bonds. The Morgan fingerprint density at radius 3 is 2.86 bits per heavy atom. The van der Waals surface area contributed by atoms with Crippen LogP contribution in [0.25, 0.3) is 0 Å². The zero-order chi connectivity index (χ0) is 15.8. The van der Waals surface area contributed by atoms with Crippen LogP contribution in [0.5, 0.6) is 0 Å². The number of aliphatic imine (C=N–C) groups is 1. The Hall–Kier alpha value is -1.62. The summed E-state index contributed by atoms with van der Waals surface area (Å²) in [6.45, 7) is 4.82. The molecule has 2 rings (SSSR count). The van der Waals surface area contributed by atoms with Crippen molar-refractivity contribution in [3.8, 4) is 0 Å². The van der Waals surface area contributed by atoms with Gasteiger partial charge in [-0.2, -0.15) is 0 Å². The predicted octanol–water partition coefficient (Wildman–Crippen LogP) is 2.62. The first kappa shape index (κ1) is 16.7. The van der Waals surface area contributed by atoms with Crippen LogP contribution < -0.4 is 10.6 Å². The molecule has 0 spiro atoms. The average Bonchev–Trinajstić information content (AvgIpc) is 3.33. The van der Waals surface area contributed by atoms with Crippen molar-refractivity contribution in [3.05, 3.63) is 35.1 Å². The van der Waals surface area contributed by atoms with E-state index in [1.54, 1.807) is 26.1 Å². The minimum absolute atomic E-state index is 0.171. The van der Waals surface area contributed by atoms with Gasteiger partial charge in [0.25, 0.3) is 0 Å². The second-order valence-corrected chi connectivity index (χ2v) is 5.81. The molecule has 4 nitrogen and oxygen atoms in total. The van der Waals surface area contributed by atoms with Crippen LogP contribution in [0.3, 0.4) is 0 Å². The highest BCUT2D eigenvalue weighted by molar-refractivity contribution is 5.79. The molecular weight excluding hydrogens is 281 g/mol. The Morgan fingerprint density at radius 1 is 1.36 bits per heavy atom. The van der Waals surface area contributed by atoms with Crippen molar-refractivity contribution < 1.29 is 9.13 Å². The average molecular weight is 307 g/mol. The van der Waals surface area contributed by atoms with Gasteiger partial charge in [-0.1, -0.05) is 12.1 Å². The minimum atomic E-state index is -0.171. The van der Waals surface area contributed by atoms with Gasteiger partial charge in [-0.3, -0.25) is 4.99 Å². The summed E-state index contributed by atoms with van der Waals surface area (Å²) in [5.74, 6) is 1.37. The molecule has 2 N–H and O–H groups in total. The van der Waals surface area contributed by atoms with E-state index >= 15 is 0 Å². The van der Waals surface area contributed by atoms with E-state index in [0.29, 0.717) is 12.1 Å². The quantitative estimate of drug-likeness (QED) is 0.441. The number of nitrogens with one attached hydrogen (secondary N) is 2. The summed E-state index contributed by atoms with van der Waals surface area (Å²) < 4.78 is 19.1. The van der Waals surface area contributed by atoms with Crippen LogP contribution in [0.2, 0.25) is 0 Å². The molecule has 0 atom stereocenters. The highest BCUT2D eigenvalue weighted by Gasteiger charge is 2.20. The van der Waals surface area contributed by atoms with E-state index in [9.17, 15) is 4.39 Å². The van der Waals surface area contributed by atoms with Crippen molar-refractivity contribution in [2.24, 2.45) is 10.9 Å². The molecule has 122 valence electrons. The van der Waals surface area contributed by atoms with Crippen molar-refractivity contribution in [2.75, 3.05) is 26.8 Å². The lowest BCUT2D eigenvalue weighted by Crippen LogP contribution is -2.37. The van der Waals surface area contributed by atoms with E-state index in [2.05, 4.69) is 15.6 Å².